The molecule has 9 nitrogen and oxygen atoms in total. The number of hydrogen-bond donors (Lipinski definition) is 2. The molecule has 0 aliphatic carbocycles. The molecule has 208 valence electrons. The summed E-state index contributed by atoms with van der Waals surface area (Å²) < 4.78 is 42.7. The molecule has 2 aromatic carbocycles. The lowest BCUT2D eigenvalue weighted by Crippen LogP contribution is -2.61. The molecule has 39 heavy (non-hydrogen) atoms. The number of likely N-dealkylation sites (N-methyl/N-ethyl adjacent to an activating group) is 1. The van der Waals surface area contributed by atoms with Gasteiger partial charge >= 0.3 is 0 Å². The standard InChI is InChI=1S/C28H36FN7O2S/c1-3-34-19-24(20-34)36(17-16-35-14-4-5-15-35)39(37,38)25-9-6-22(7-10-25)32-28-30-13-12-27(33-28)31-23-8-11-26(29)21(2)18-23/h6-13,18,24H,3-5,14-17,19-20H2,1-2H3,(H2,30,31,32,33). The van der Waals surface area contributed by atoms with Gasteiger partial charge in [0, 0.05) is 43.8 Å². The van der Waals surface area contributed by atoms with Crippen molar-refractivity contribution in [3.63, 3.8) is 0 Å². The van der Waals surface area contributed by atoms with Crippen molar-refractivity contribution in [2.24, 2.45) is 0 Å². The van der Waals surface area contributed by atoms with Gasteiger partial charge in [0.15, 0.2) is 0 Å². The van der Waals surface area contributed by atoms with Gasteiger partial charge in [0.25, 0.3) is 0 Å². The first-order valence-corrected chi connectivity index (χ1v) is 15.0. The largest absolute Gasteiger partial charge is 0.340 e. The van der Waals surface area contributed by atoms with Gasteiger partial charge in [-0.15, -0.1) is 0 Å². The van der Waals surface area contributed by atoms with Crippen LogP contribution >= 0.6 is 0 Å². The van der Waals surface area contributed by atoms with E-state index in [4.69, 9.17) is 0 Å². The van der Waals surface area contributed by atoms with E-state index < -0.39 is 10.0 Å². The van der Waals surface area contributed by atoms with Crippen LogP contribution in [0.3, 0.4) is 0 Å². The van der Waals surface area contributed by atoms with E-state index in [1.54, 1.807) is 59.9 Å². The topological polar surface area (TPSA) is 93.7 Å². The number of nitrogens with zero attached hydrogens (tertiary/aromatic N) is 5. The highest BCUT2D eigenvalue weighted by molar-refractivity contribution is 7.89. The normalized spacial score (nSPS) is 16.9. The third-order valence-corrected chi connectivity index (χ3v) is 9.40. The molecule has 2 saturated heterocycles. The first-order valence-electron chi connectivity index (χ1n) is 13.5. The molecule has 0 unspecified atom stereocenters. The first-order chi connectivity index (χ1) is 18.8. The molecule has 0 spiro atoms. The molecule has 0 saturated carbocycles. The lowest BCUT2D eigenvalue weighted by atomic mass is 10.1. The summed E-state index contributed by atoms with van der Waals surface area (Å²) in [4.78, 5) is 13.6. The second kappa shape index (κ2) is 12.0. The van der Waals surface area contributed by atoms with Crippen molar-refractivity contribution in [2.75, 3.05) is 56.4 Å². The molecular formula is C28H36FN7O2S. The van der Waals surface area contributed by atoms with Crippen molar-refractivity contribution in [1.82, 2.24) is 24.1 Å². The Bertz CT molecular complexity index is 1370. The Morgan fingerprint density at radius 1 is 1.00 bits per heavy atom. The van der Waals surface area contributed by atoms with E-state index in [2.05, 4.69) is 37.3 Å². The Kier molecular flexibility index (Phi) is 8.41. The average molecular weight is 554 g/mol. The summed E-state index contributed by atoms with van der Waals surface area (Å²) in [5.41, 5.74) is 1.93. The number of halogens is 1. The van der Waals surface area contributed by atoms with Crippen LogP contribution in [0.25, 0.3) is 0 Å². The maximum Gasteiger partial charge on any atom is 0.243 e. The number of nitrogens with one attached hydrogen (secondary N) is 2. The molecule has 2 N–H and O–H groups in total. The van der Waals surface area contributed by atoms with Crippen molar-refractivity contribution in [3.05, 3.63) is 66.1 Å². The van der Waals surface area contributed by atoms with Crippen molar-refractivity contribution >= 4 is 33.2 Å². The quantitative estimate of drug-likeness (QED) is 0.365. The summed E-state index contributed by atoms with van der Waals surface area (Å²) in [5, 5.41) is 6.29. The smallest absolute Gasteiger partial charge is 0.243 e. The Labute approximate surface area is 230 Å². The van der Waals surface area contributed by atoms with Crippen molar-refractivity contribution in [3.8, 4) is 0 Å². The minimum atomic E-state index is -3.64. The fourth-order valence-electron chi connectivity index (χ4n) is 5.06. The van der Waals surface area contributed by atoms with Crippen molar-refractivity contribution < 1.29 is 12.8 Å². The average Bonchev–Trinajstić information content (AvgIpc) is 3.42. The van der Waals surface area contributed by atoms with E-state index in [0.29, 0.717) is 29.6 Å². The maximum atomic E-state index is 13.7. The number of sulfonamides is 1. The van der Waals surface area contributed by atoms with E-state index in [1.165, 1.54) is 18.9 Å². The molecule has 11 heteroatoms. The second-order valence-electron chi connectivity index (χ2n) is 10.2. The Morgan fingerprint density at radius 2 is 1.72 bits per heavy atom. The molecule has 5 rings (SSSR count). The summed E-state index contributed by atoms with van der Waals surface area (Å²) >= 11 is 0. The number of hydrogen-bond acceptors (Lipinski definition) is 8. The minimum absolute atomic E-state index is 0.00360. The third kappa shape index (κ3) is 6.55. The highest BCUT2D eigenvalue weighted by atomic mass is 32.2. The van der Waals surface area contributed by atoms with Gasteiger partial charge in [0.05, 0.1) is 10.9 Å². The summed E-state index contributed by atoms with van der Waals surface area (Å²) in [6.07, 6.45) is 3.98. The first kappa shape index (κ1) is 27.4. The molecule has 2 aliphatic heterocycles. The number of anilines is 4. The molecule has 0 atom stereocenters. The van der Waals surface area contributed by atoms with Gasteiger partial charge in [-0.25, -0.2) is 17.8 Å². The SMILES string of the molecule is CCN1CC(N(CCN2CCCC2)S(=O)(=O)c2ccc(Nc3nccc(Nc4ccc(F)c(C)c4)n3)cc2)C1. The molecule has 3 aromatic rings. The van der Waals surface area contributed by atoms with Crippen LogP contribution in [0.1, 0.15) is 25.3 Å². The summed E-state index contributed by atoms with van der Waals surface area (Å²) in [6.45, 7) is 9.64. The summed E-state index contributed by atoms with van der Waals surface area (Å²) in [6, 6.07) is 13.2. The van der Waals surface area contributed by atoms with Gasteiger partial charge in [-0.05, 0) is 93.5 Å². The Balaban J connectivity index is 1.26. The van der Waals surface area contributed by atoms with Gasteiger partial charge in [0.1, 0.15) is 11.6 Å². The number of benzene rings is 2. The van der Waals surface area contributed by atoms with E-state index in [9.17, 15) is 12.8 Å². The van der Waals surface area contributed by atoms with E-state index in [-0.39, 0.29) is 16.8 Å². The monoisotopic (exact) mass is 553 g/mol. The van der Waals surface area contributed by atoms with Crippen LogP contribution in [-0.4, -0.2) is 84.3 Å². The van der Waals surface area contributed by atoms with Crippen LogP contribution in [0, 0.1) is 12.7 Å². The van der Waals surface area contributed by atoms with Crippen LogP contribution < -0.4 is 10.6 Å². The maximum absolute atomic E-state index is 13.7. The Morgan fingerprint density at radius 3 is 2.41 bits per heavy atom. The minimum Gasteiger partial charge on any atom is -0.340 e. The van der Waals surface area contributed by atoms with Crippen LogP contribution in [-0.2, 0) is 10.0 Å². The lowest BCUT2D eigenvalue weighted by Gasteiger charge is -2.44. The molecule has 1 aromatic heterocycles. The van der Waals surface area contributed by atoms with E-state index in [1.807, 2.05) is 0 Å². The fourth-order valence-corrected chi connectivity index (χ4v) is 6.66. The van der Waals surface area contributed by atoms with Crippen molar-refractivity contribution in [1.29, 1.82) is 0 Å². The number of rotatable bonds is 11. The fraction of sp³-hybridized carbons (Fsp3) is 0.429. The predicted molar refractivity (Wildman–Crippen MR) is 152 cm³/mol. The highest BCUT2D eigenvalue weighted by Gasteiger charge is 2.38. The van der Waals surface area contributed by atoms with Crippen molar-refractivity contribution in [2.45, 2.75) is 37.6 Å². The van der Waals surface area contributed by atoms with Gasteiger partial charge in [0.2, 0.25) is 16.0 Å². The van der Waals surface area contributed by atoms with Gasteiger partial charge in [-0.1, -0.05) is 6.92 Å². The molecule has 3 heterocycles. The number of aromatic nitrogens is 2. The zero-order valence-electron chi connectivity index (χ0n) is 22.5. The van der Waals surface area contributed by atoms with Crippen LogP contribution in [0.15, 0.2) is 59.6 Å². The predicted octanol–water partition coefficient (Wildman–Crippen LogP) is 4.20. The number of aryl methyl sites for hydroxylation is 1. The lowest BCUT2D eigenvalue weighted by molar-refractivity contribution is 0.0805. The van der Waals surface area contributed by atoms with Crippen LogP contribution in [0.2, 0.25) is 0 Å². The van der Waals surface area contributed by atoms with Gasteiger partial charge < -0.3 is 20.4 Å². The Hall–Kier alpha value is -3.12. The van der Waals surface area contributed by atoms with Crippen LogP contribution in [0.4, 0.5) is 27.5 Å². The molecular weight excluding hydrogens is 517 g/mol. The highest BCUT2D eigenvalue weighted by Crippen LogP contribution is 2.26. The van der Waals surface area contributed by atoms with E-state index in [0.717, 1.165) is 45.0 Å². The molecule has 0 amide bonds. The molecule has 0 radical (unpaired) electrons. The second-order valence-corrected chi connectivity index (χ2v) is 12.1. The zero-order chi connectivity index (χ0) is 27.4. The van der Waals surface area contributed by atoms with Crippen LogP contribution in [0.5, 0.6) is 0 Å². The summed E-state index contributed by atoms with van der Waals surface area (Å²) in [7, 11) is -3.64. The molecule has 0 bridgehead atoms. The third-order valence-electron chi connectivity index (χ3n) is 7.43. The van der Waals surface area contributed by atoms with E-state index >= 15 is 0 Å². The molecule has 2 fully saturated rings. The summed E-state index contributed by atoms with van der Waals surface area (Å²) in [5.74, 6) is 0.644. The van der Waals surface area contributed by atoms with Gasteiger partial charge in [-0.2, -0.15) is 9.29 Å². The number of likely N-dealkylation sites (tertiary alicyclic amines) is 2. The van der Waals surface area contributed by atoms with Gasteiger partial charge in [-0.3, -0.25) is 0 Å². The molecule has 2 aliphatic rings. The zero-order valence-corrected chi connectivity index (χ0v) is 23.3.